The fourth-order valence-electron chi connectivity index (χ4n) is 2.87. The van der Waals surface area contributed by atoms with Crippen molar-refractivity contribution in [1.82, 2.24) is 16.0 Å². The Morgan fingerprint density at radius 2 is 1.41 bits per heavy atom. The van der Waals surface area contributed by atoms with Gasteiger partial charge in [-0.2, -0.15) is 0 Å². The molecule has 0 bridgehead atoms. The molecule has 34 heavy (non-hydrogen) atoms. The highest BCUT2D eigenvalue weighted by molar-refractivity contribution is 5.94. The normalized spacial score (nSPS) is 16.4. The van der Waals surface area contributed by atoms with Gasteiger partial charge in [-0.1, -0.05) is 13.8 Å². The van der Waals surface area contributed by atoms with Gasteiger partial charge in [0.05, 0.1) is 12.2 Å². The van der Waals surface area contributed by atoms with Gasteiger partial charge in [0.25, 0.3) is 0 Å². The highest BCUT2D eigenvalue weighted by atomic mass is 16.4. The molecule has 0 radical (unpaired) electrons. The van der Waals surface area contributed by atoms with E-state index in [9.17, 15) is 34.5 Å². The van der Waals surface area contributed by atoms with Crippen LogP contribution in [0.25, 0.3) is 0 Å². The summed E-state index contributed by atoms with van der Waals surface area (Å²) in [5, 5.41) is 36.0. The number of carbonyl (C=O) groups is 4. The number of carboxylic acids is 1. The van der Waals surface area contributed by atoms with E-state index in [0.29, 0.717) is 0 Å². The summed E-state index contributed by atoms with van der Waals surface area (Å²) in [6, 6.07) is -5.23. The molecule has 0 rings (SSSR count). The lowest BCUT2D eigenvalue weighted by Crippen LogP contribution is -2.60. The molecule has 0 aliphatic carbocycles. The number of nitrogens with zero attached hydrogens (tertiary/aromatic N) is 1. The standard InChI is InChI=1S/C20H39N7O7/c1-9(2)8-13(19(33)34)26-18(32)15(11(4)29)27-16(30)12(6-5-7-24-20(22)23)25-17(31)14(21)10(3)28/h9-15,28-29H,5-8,21H2,1-4H3,(H,25,31)(H,26,32)(H,27,30)(H,33,34)(H4,22,23,24). The number of hydrogen-bond donors (Lipinski definition) is 9. The van der Waals surface area contributed by atoms with Crippen LogP contribution in [-0.4, -0.2) is 87.9 Å². The molecular formula is C20H39N7O7. The van der Waals surface area contributed by atoms with Gasteiger partial charge < -0.3 is 48.5 Å². The van der Waals surface area contributed by atoms with Crippen molar-refractivity contribution in [1.29, 1.82) is 0 Å². The number of aliphatic carboxylic acids is 1. The van der Waals surface area contributed by atoms with Crippen LogP contribution in [0.4, 0.5) is 0 Å². The van der Waals surface area contributed by atoms with Gasteiger partial charge in [0.1, 0.15) is 24.2 Å². The number of amides is 3. The number of nitrogens with one attached hydrogen (secondary N) is 3. The number of guanidine groups is 1. The van der Waals surface area contributed by atoms with Gasteiger partial charge in [-0.25, -0.2) is 4.79 Å². The van der Waals surface area contributed by atoms with Gasteiger partial charge in [-0.3, -0.25) is 19.4 Å². The number of nitrogens with two attached hydrogens (primary N) is 3. The summed E-state index contributed by atoms with van der Waals surface area (Å²) >= 11 is 0. The predicted octanol–water partition coefficient (Wildman–Crippen LogP) is -3.29. The van der Waals surface area contributed by atoms with Crippen LogP contribution in [0.15, 0.2) is 4.99 Å². The smallest absolute Gasteiger partial charge is 0.326 e. The fraction of sp³-hybridized carbons (Fsp3) is 0.750. The van der Waals surface area contributed by atoms with Crippen LogP contribution in [0.3, 0.4) is 0 Å². The van der Waals surface area contributed by atoms with Crippen LogP contribution in [0.2, 0.25) is 0 Å². The van der Waals surface area contributed by atoms with Crippen molar-refractivity contribution in [2.75, 3.05) is 6.54 Å². The second kappa shape index (κ2) is 15.0. The van der Waals surface area contributed by atoms with Crippen molar-refractivity contribution in [3.8, 4) is 0 Å². The number of aliphatic imine (C=N–C) groups is 1. The van der Waals surface area contributed by atoms with Crippen LogP contribution >= 0.6 is 0 Å². The Morgan fingerprint density at radius 3 is 1.85 bits per heavy atom. The monoisotopic (exact) mass is 489 g/mol. The van der Waals surface area contributed by atoms with Crippen molar-refractivity contribution in [3.05, 3.63) is 0 Å². The first kappa shape index (κ1) is 31.0. The molecule has 0 aromatic rings. The Kier molecular flexibility index (Phi) is 13.7. The maximum absolute atomic E-state index is 12.9. The molecule has 0 saturated carbocycles. The summed E-state index contributed by atoms with van der Waals surface area (Å²) in [5.74, 6) is -3.98. The summed E-state index contributed by atoms with van der Waals surface area (Å²) in [6.45, 7) is 6.27. The molecule has 0 aliphatic rings. The van der Waals surface area contributed by atoms with Gasteiger partial charge in [-0.15, -0.1) is 0 Å². The Hall–Kier alpha value is -2.97. The molecule has 0 aromatic heterocycles. The summed E-state index contributed by atoms with van der Waals surface area (Å²) in [7, 11) is 0. The minimum atomic E-state index is -1.50. The lowest BCUT2D eigenvalue weighted by Gasteiger charge is -2.27. The Labute approximate surface area is 198 Å². The zero-order valence-corrected chi connectivity index (χ0v) is 20.0. The van der Waals surface area contributed by atoms with Crippen LogP contribution in [0.1, 0.15) is 47.0 Å². The van der Waals surface area contributed by atoms with E-state index in [1.54, 1.807) is 13.8 Å². The first-order valence-electron chi connectivity index (χ1n) is 11.0. The molecule has 0 saturated heterocycles. The van der Waals surface area contributed by atoms with Gasteiger partial charge in [0.2, 0.25) is 17.7 Å². The van der Waals surface area contributed by atoms with Crippen molar-refractivity contribution in [3.63, 3.8) is 0 Å². The molecule has 0 fully saturated rings. The maximum atomic E-state index is 12.9. The van der Waals surface area contributed by atoms with Crippen molar-refractivity contribution in [2.24, 2.45) is 28.1 Å². The van der Waals surface area contributed by atoms with E-state index in [1.165, 1.54) is 13.8 Å². The Morgan fingerprint density at radius 1 is 0.853 bits per heavy atom. The molecular weight excluding hydrogens is 450 g/mol. The summed E-state index contributed by atoms with van der Waals surface area (Å²) in [5.41, 5.74) is 16.1. The zero-order valence-electron chi connectivity index (χ0n) is 20.0. The third-order valence-corrected chi connectivity index (χ3v) is 4.79. The molecule has 0 aliphatic heterocycles. The highest BCUT2D eigenvalue weighted by Crippen LogP contribution is 2.07. The van der Waals surface area contributed by atoms with Gasteiger partial charge >= 0.3 is 5.97 Å². The largest absolute Gasteiger partial charge is 0.480 e. The van der Waals surface area contributed by atoms with E-state index < -0.39 is 60.1 Å². The quantitative estimate of drug-likeness (QED) is 0.0629. The molecule has 0 aromatic carbocycles. The van der Waals surface area contributed by atoms with E-state index in [2.05, 4.69) is 20.9 Å². The third-order valence-electron chi connectivity index (χ3n) is 4.79. The van der Waals surface area contributed by atoms with Crippen molar-refractivity contribution in [2.45, 2.75) is 83.3 Å². The molecule has 12 N–H and O–H groups in total. The molecule has 0 spiro atoms. The van der Waals surface area contributed by atoms with Crippen molar-refractivity contribution >= 4 is 29.7 Å². The second-order valence-electron chi connectivity index (χ2n) is 8.53. The lowest BCUT2D eigenvalue weighted by atomic mass is 10.0. The number of aliphatic hydroxyl groups excluding tert-OH is 2. The van der Waals surface area contributed by atoms with E-state index in [1.807, 2.05) is 0 Å². The van der Waals surface area contributed by atoms with Crippen molar-refractivity contribution < 1.29 is 34.5 Å². The third kappa shape index (κ3) is 11.8. The number of rotatable bonds is 15. The number of aliphatic hydroxyl groups is 2. The minimum Gasteiger partial charge on any atom is -0.480 e. The Bertz CT molecular complexity index is 724. The Balaban J connectivity index is 5.52. The number of hydrogen-bond acceptors (Lipinski definition) is 8. The summed E-state index contributed by atoms with van der Waals surface area (Å²) in [4.78, 5) is 53.1. The van der Waals surface area contributed by atoms with E-state index in [0.717, 1.165) is 0 Å². The molecule has 14 heteroatoms. The maximum Gasteiger partial charge on any atom is 0.326 e. The summed E-state index contributed by atoms with van der Waals surface area (Å²) < 4.78 is 0. The lowest BCUT2D eigenvalue weighted by molar-refractivity contribution is -0.143. The topological polar surface area (TPSA) is 255 Å². The molecule has 6 unspecified atom stereocenters. The number of carboxylic acid groups (broad SMARTS) is 1. The fourth-order valence-corrected chi connectivity index (χ4v) is 2.87. The zero-order chi connectivity index (χ0) is 26.6. The van der Waals surface area contributed by atoms with Crippen LogP contribution < -0.4 is 33.2 Å². The van der Waals surface area contributed by atoms with E-state index in [4.69, 9.17) is 17.2 Å². The number of carbonyl (C=O) groups excluding carboxylic acids is 3. The van der Waals surface area contributed by atoms with Gasteiger partial charge in [-0.05, 0) is 39.0 Å². The van der Waals surface area contributed by atoms with Crippen LogP contribution in [0, 0.1) is 5.92 Å². The molecule has 3 amide bonds. The summed E-state index contributed by atoms with van der Waals surface area (Å²) in [6.07, 6.45) is -2.12. The van der Waals surface area contributed by atoms with Gasteiger partial charge in [0.15, 0.2) is 5.96 Å². The van der Waals surface area contributed by atoms with Crippen LogP contribution in [0.5, 0.6) is 0 Å². The molecule has 6 atom stereocenters. The second-order valence-corrected chi connectivity index (χ2v) is 8.53. The first-order valence-corrected chi connectivity index (χ1v) is 11.0. The minimum absolute atomic E-state index is 0.0380. The van der Waals surface area contributed by atoms with Gasteiger partial charge in [0, 0.05) is 6.54 Å². The molecule has 14 nitrogen and oxygen atoms in total. The molecule has 0 heterocycles. The van der Waals surface area contributed by atoms with E-state index in [-0.39, 0.29) is 37.7 Å². The SMILES string of the molecule is CC(C)CC(NC(=O)C(NC(=O)C(CCCN=C(N)N)NC(=O)C(N)C(C)O)C(C)O)C(=O)O. The average Bonchev–Trinajstić information content (AvgIpc) is 2.71. The van der Waals surface area contributed by atoms with E-state index >= 15 is 0 Å². The predicted molar refractivity (Wildman–Crippen MR) is 124 cm³/mol. The molecule has 196 valence electrons. The van der Waals surface area contributed by atoms with Crippen LogP contribution in [-0.2, 0) is 19.2 Å². The average molecular weight is 490 g/mol. The first-order chi connectivity index (χ1) is 15.7. The highest BCUT2D eigenvalue weighted by Gasteiger charge is 2.33.